The van der Waals surface area contributed by atoms with Crippen LogP contribution in [-0.2, 0) is 18.0 Å². The third kappa shape index (κ3) is 8.46. The topological polar surface area (TPSA) is 69.6 Å². The summed E-state index contributed by atoms with van der Waals surface area (Å²) in [7, 11) is 0. The van der Waals surface area contributed by atoms with Gasteiger partial charge in [0.2, 0.25) is 0 Å². The molecule has 0 saturated carbocycles. The summed E-state index contributed by atoms with van der Waals surface area (Å²) in [6.45, 7) is 5.38. The highest BCUT2D eigenvalue weighted by molar-refractivity contribution is 8.19. The molecule has 1 fully saturated rings. The van der Waals surface area contributed by atoms with Crippen molar-refractivity contribution in [3.8, 4) is 23.0 Å². The summed E-state index contributed by atoms with van der Waals surface area (Å²) in [5.41, 5.74) is 4.13. The Morgan fingerprint density at radius 1 is 0.694 bits per heavy atom. The molecule has 0 radical (unpaired) electrons. The number of aliphatic imine (C=N–C) groups is 1. The number of benzene rings is 5. The minimum atomic E-state index is -0.179. The number of thioether (sulfide) groups is 1. The lowest BCUT2D eigenvalue weighted by Gasteiger charge is -2.16. The van der Waals surface area contributed by atoms with Gasteiger partial charge in [0.15, 0.2) is 28.2 Å². The van der Waals surface area contributed by atoms with E-state index in [-0.39, 0.29) is 12.5 Å². The predicted octanol–water partition coefficient (Wildman–Crippen LogP) is 10.1. The van der Waals surface area contributed by atoms with Crippen molar-refractivity contribution in [3.63, 3.8) is 0 Å². The first kappa shape index (κ1) is 33.7. The van der Waals surface area contributed by atoms with Gasteiger partial charge in [-0.05, 0) is 96.9 Å². The van der Waals surface area contributed by atoms with Crippen LogP contribution in [0.4, 0.5) is 11.4 Å². The Kier molecular flexibility index (Phi) is 11.2. The quantitative estimate of drug-likeness (QED) is 0.115. The summed E-state index contributed by atoms with van der Waals surface area (Å²) >= 11 is 8.13. The maximum atomic E-state index is 13.8. The summed E-state index contributed by atoms with van der Waals surface area (Å²) in [6, 6.07) is 38.4. The standard InChI is InChI=1S/C40H35ClN2O5S/c1-3-45-35-23-29(20-21-34(35)47-26-28-14-8-5-9-15-28)27-48-38-33(41)22-30(24-36(38)46-4-2)25-37-39(44)43(32-18-12-7-13-19-32)40(49-37)42-31-16-10-6-11-17-31/h5-25H,3-4,26-27H2,1-2H3/b37-25+,42-40?. The van der Waals surface area contributed by atoms with Crippen LogP contribution in [0.2, 0.25) is 5.02 Å². The molecule has 5 aromatic rings. The summed E-state index contributed by atoms with van der Waals surface area (Å²) in [5.74, 6) is 2.00. The largest absolute Gasteiger partial charge is 0.490 e. The lowest BCUT2D eigenvalue weighted by molar-refractivity contribution is -0.113. The highest BCUT2D eigenvalue weighted by Gasteiger charge is 2.35. The first-order valence-corrected chi connectivity index (χ1v) is 17.2. The zero-order valence-corrected chi connectivity index (χ0v) is 28.7. The van der Waals surface area contributed by atoms with Gasteiger partial charge in [-0.1, -0.05) is 84.4 Å². The fourth-order valence-corrected chi connectivity index (χ4v) is 6.39. The Labute approximate surface area is 295 Å². The second kappa shape index (κ2) is 16.3. The van der Waals surface area contributed by atoms with Gasteiger partial charge in [0, 0.05) is 0 Å². The maximum absolute atomic E-state index is 13.8. The second-order valence-electron chi connectivity index (χ2n) is 10.9. The van der Waals surface area contributed by atoms with Crippen LogP contribution in [0.1, 0.15) is 30.5 Å². The van der Waals surface area contributed by atoms with Crippen LogP contribution in [0.25, 0.3) is 6.08 Å². The van der Waals surface area contributed by atoms with Gasteiger partial charge in [0.05, 0.1) is 34.5 Å². The Morgan fingerprint density at radius 3 is 2.06 bits per heavy atom. The number of amidine groups is 1. The molecule has 0 bridgehead atoms. The van der Waals surface area contributed by atoms with Crippen molar-refractivity contribution >= 4 is 51.9 Å². The number of anilines is 1. The molecule has 9 heteroatoms. The molecule has 0 N–H and O–H groups in total. The van der Waals surface area contributed by atoms with E-state index < -0.39 is 0 Å². The molecule has 1 amide bonds. The molecule has 0 atom stereocenters. The minimum Gasteiger partial charge on any atom is -0.490 e. The number of hydrogen-bond acceptors (Lipinski definition) is 7. The third-order valence-corrected chi connectivity index (χ3v) is 8.61. The number of hydrogen-bond donors (Lipinski definition) is 0. The molecule has 248 valence electrons. The Bertz CT molecular complexity index is 1950. The molecule has 49 heavy (non-hydrogen) atoms. The molecular formula is C40H35ClN2O5S. The Balaban J connectivity index is 1.23. The van der Waals surface area contributed by atoms with Gasteiger partial charge in [-0.2, -0.15) is 0 Å². The first-order chi connectivity index (χ1) is 24.0. The van der Waals surface area contributed by atoms with Crippen LogP contribution in [0.15, 0.2) is 131 Å². The summed E-state index contributed by atoms with van der Waals surface area (Å²) in [5, 5.41) is 0.923. The molecule has 0 spiro atoms. The van der Waals surface area contributed by atoms with Crippen molar-refractivity contribution in [2.45, 2.75) is 27.1 Å². The number of halogens is 1. The molecule has 7 nitrogen and oxygen atoms in total. The maximum Gasteiger partial charge on any atom is 0.271 e. The fourth-order valence-electron chi connectivity index (χ4n) is 5.11. The summed E-state index contributed by atoms with van der Waals surface area (Å²) < 4.78 is 24.2. The van der Waals surface area contributed by atoms with E-state index in [1.807, 2.05) is 129 Å². The van der Waals surface area contributed by atoms with Crippen LogP contribution >= 0.6 is 23.4 Å². The first-order valence-electron chi connectivity index (χ1n) is 16.0. The lowest BCUT2D eigenvalue weighted by Crippen LogP contribution is -2.28. The van der Waals surface area contributed by atoms with Gasteiger partial charge in [-0.25, -0.2) is 4.99 Å². The van der Waals surface area contributed by atoms with Crippen molar-refractivity contribution in [3.05, 3.63) is 148 Å². The van der Waals surface area contributed by atoms with E-state index in [1.165, 1.54) is 11.8 Å². The van der Waals surface area contributed by atoms with Gasteiger partial charge in [0.1, 0.15) is 13.2 Å². The number of ether oxygens (including phenoxy) is 4. The van der Waals surface area contributed by atoms with Gasteiger partial charge in [-0.3, -0.25) is 9.69 Å². The molecule has 1 aliphatic rings. The number of carbonyl (C=O) groups excluding carboxylic acids is 1. The average molecular weight is 691 g/mol. The van der Waals surface area contributed by atoms with E-state index in [4.69, 9.17) is 35.5 Å². The van der Waals surface area contributed by atoms with E-state index in [1.54, 1.807) is 17.0 Å². The minimum absolute atomic E-state index is 0.179. The number of amides is 1. The van der Waals surface area contributed by atoms with Crippen LogP contribution in [-0.4, -0.2) is 24.3 Å². The zero-order chi connectivity index (χ0) is 34.0. The van der Waals surface area contributed by atoms with Gasteiger partial charge < -0.3 is 18.9 Å². The Hall–Kier alpha value is -5.18. The Morgan fingerprint density at radius 2 is 1.35 bits per heavy atom. The van der Waals surface area contributed by atoms with Gasteiger partial charge in [-0.15, -0.1) is 0 Å². The smallest absolute Gasteiger partial charge is 0.271 e. The highest BCUT2D eigenvalue weighted by atomic mass is 35.5. The molecular weight excluding hydrogens is 656 g/mol. The van der Waals surface area contributed by atoms with E-state index in [0.717, 1.165) is 22.5 Å². The lowest BCUT2D eigenvalue weighted by atomic mass is 10.1. The zero-order valence-electron chi connectivity index (χ0n) is 27.2. The van der Waals surface area contributed by atoms with E-state index >= 15 is 0 Å². The monoisotopic (exact) mass is 690 g/mol. The molecule has 1 aliphatic heterocycles. The SMILES string of the molecule is CCOc1cc(COc2c(Cl)cc(/C=C3/SC(=Nc4ccccc4)N(c4ccccc4)C3=O)cc2OCC)ccc1OCc1ccccc1. The second-order valence-corrected chi connectivity index (χ2v) is 12.3. The fraction of sp³-hybridized carbons (Fsp3) is 0.150. The van der Waals surface area contributed by atoms with E-state index in [9.17, 15) is 4.79 Å². The predicted molar refractivity (Wildman–Crippen MR) is 198 cm³/mol. The van der Waals surface area contributed by atoms with Crippen molar-refractivity contribution < 1.29 is 23.7 Å². The number of rotatable bonds is 13. The van der Waals surface area contributed by atoms with Crippen LogP contribution < -0.4 is 23.8 Å². The van der Waals surface area contributed by atoms with Crippen molar-refractivity contribution in [2.75, 3.05) is 18.1 Å². The van der Waals surface area contributed by atoms with Crippen molar-refractivity contribution in [1.29, 1.82) is 0 Å². The average Bonchev–Trinajstić information content (AvgIpc) is 3.42. The van der Waals surface area contributed by atoms with Crippen molar-refractivity contribution in [1.82, 2.24) is 0 Å². The molecule has 1 saturated heterocycles. The normalized spacial score (nSPS) is 14.3. The number of para-hydroxylation sites is 2. The molecule has 0 aliphatic carbocycles. The molecule has 0 aromatic heterocycles. The summed E-state index contributed by atoms with van der Waals surface area (Å²) in [6.07, 6.45) is 1.80. The van der Waals surface area contributed by atoms with Crippen molar-refractivity contribution in [2.24, 2.45) is 4.99 Å². The van der Waals surface area contributed by atoms with Gasteiger partial charge in [0.25, 0.3) is 5.91 Å². The number of carbonyl (C=O) groups is 1. The molecule has 5 aromatic carbocycles. The van der Waals surface area contributed by atoms with Crippen LogP contribution in [0.5, 0.6) is 23.0 Å². The highest BCUT2D eigenvalue weighted by Crippen LogP contribution is 2.41. The number of nitrogens with zero attached hydrogens (tertiary/aromatic N) is 2. The van der Waals surface area contributed by atoms with Gasteiger partial charge >= 0.3 is 0 Å². The van der Waals surface area contributed by atoms with E-state index in [2.05, 4.69) is 0 Å². The van der Waals surface area contributed by atoms with Crippen LogP contribution in [0, 0.1) is 0 Å². The molecule has 6 rings (SSSR count). The van der Waals surface area contributed by atoms with Crippen LogP contribution in [0.3, 0.4) is 0 Å². The molecule has 1 heterocycles. The summed E-state index contributed by atoms with van der Waals surface area (Å²) in [4.78, 5) is 20.7. The third-order valence-electron chi connectivity index (χ3n) is 7.36. The van der Waals surface area contributed by atoms with E-state index in [0.29, 0.717) is 63.5 Å². The molecule has 0 unspecified atom stereocenters.